The first-order chi connectivity index (χ1) is 14.5. The summed E-state index contributed by atoms with van der Waals surface area (Å²) in [6.07, 6.45) is 19.3. The molecular weight excluding hydrogens is 403 g/mol. The fourth-order valence-corrected chi connectivity index (χ4v) is 3.72. The molecule has 7 heteroatoms. The number of phosphoric acid groups is 1. The van der Waals surface area contributed by atoms with E-state index in [0.29, 0.717) is 19.8 Å². The summed E-state index contributed by atoms with van der Waals surface area (Å²) < 4.78 is 27.1. The number of rotatable bonds is 24. The number of phosphoric ester groups is 1. The fourth-order valence-electron chi connectivity index (χ4n) is 3.36. The SMILES string of the molecule is CCCCCCCCCCOCC(COP(=O)(O)O)OCCCCCCCCCC. The fraction of sp³-hybridized carbons (Fsp3) is 1.00. The van der Waals surface area contributed by atoms with Gasteiger partial charge in [-0.3, -0.25) is 4.52 Å². The zero-order chi connectivity index (χ0) is 22.3. The van der Waals surface area contributed by atoms with Crippen LogP contribution in [-0.2, 0) is 18.6 Å². The highest BCUT2D eigenvalue weighted by atomic mass is 31.2. The largest absolute Gasteiger partial charge is 0.469 e. The van der Waals surface area contributed by atoms with Crippen molar-refractivity contribution in [3.05, 3.63) is 0 Å². The van der Waals surface area contributed by atoms with E-state index in [-0.39, 0.29) is 6.61 Å². The van der Waals surface area contributed by atoms with Crippen LogP contribution >= 0.6 is 7.82 Å². The molecule has 6 nitrogen and oxygen atoms in total. The highest BCUT2D eigenvalue weighted by molar-refractivity contribution is 7.46. The molecule has 0 heterocycles. The zero-order valence-electron chi connectivity index (χ0n) is 19.7. The highest BCUT2D eigenvalue weighted by Crippen LogP contribution is 2.35. The van der Waals surface area contributed by atoms with E-state index in [1.807, 2.05) is 0 Å². The van der Waals surface area contributed by atoms with Gasteiger partial charge in [0.2, 0.25) is 0 Å². The van der Waals surface area contributed by atoms with E-state index in [9.17, 15) is 4.57 Å². The van der Waals surface area contributed by atoms with Gasteiger partial charge >= 0.3 is 7.82 Å². The molecule has 0 radical (unpaired) electrons. The second-order valence-electron chi connectivity index (χ2n) is 8.30. The summed E-state index contributed by atoms with van der Waals surface area (Å²) in [6.45, 7) is 5.86. The Morgan fingerprint density at radius 1 is 0.633 bits per heavy atom. The summed E-state index contributed by atoms with van der Waals surface area (Å²) in [5.74, 6) is 0. The molecule has 0 saturated carbocycles. The number of unbranched alkanes of at least 4 members (excludes halogenated alkanes) is 14. The Kier molecular flexibility index (Phi) is 22.3. The first-order valence-electron chi connectivity index (χ1n) is 12.4. The Morgan fingerprint density at radius 2 is 1.07 bits per heavy atom. The summed E-state index contributed by atoms with van der Waals surface area (Å²) in [4.78, 5) is 17.9. The maximum Gasteiger partial charge on any atom is 0.469 e. The molecule has 0 aliphatic carbocycles. The Hall–Kier alpha value is 0.0300. The Balaban J connectivity index is 3.78. The van der Waals surface area contributed by atoms with Gasteiger partial charge in [0.25, 0.3) is 0 Å². The normalized spacial score (nSPS) is 13.1. The van der Waals surface area contributed by atoms with E-state index in [4.69, 9.17) is 19.3 Å². The van der Waals surface area contributed by atoms with Gasteiger partial charge in [-0.05, 0) is 12.8 Å². The van der Waals surface area contributed by atoms with E-state index in [2.05, 4.69) is 18.4 Å². The van der Waals surface area contributed by atoms with Gasteiger partial charge in [-0.2, -0.15) is 0 Å². The third kappa shape index (κ3) is 24.3. The molecule has 0 bridgehead atoms. The lowest BCUT2D eigenvalue weighted by Gasteiger charge is -2.18. The highest BCUT2D eigenvalue weighted by Gasteiger charge is 2.19. The van der Waals surface area contributed by atoms with Crippen molar-refractivity contribution in [1.82, 2.24) is 0 Å². The van der Waals surface area contributed by atoms with Crippen LogP contribution in [0.5, 0.6) is 0 Å². The summed E-state index contributed by atoms with van der Waals surface area (Å²) >= 11 is 0. The predicted octanol–water partition coefficient (Wildman–Crippen LogP) is 6.78. The Labute approximate surface area is 185 Å². The Morgan fingerprint density at radius 3 is 1.53 bits per heavy atom. The zero-order valence-corrected chi connectivity index (χ0v) is 20.6. The molecule has 0 saturated heterocycles. The number of hydrogen-bond acceptors (Lipinski definition) is 4. The van der Waals surface area contributed by atoms with Gasteiger partial charge in [0.1, 0.15) is 6.10 Å². The van der Waals surface area contributed by atoms with Crippen LogP contribution in [0.15, 0.2) is 0 Å². The van der Waals surface area contributed by atoms with Crippen molar-refractivity contribution in [2.24, 2.45) is 0 Å². The smallest absolute Gasteiger partial charge is 0.379 e. The van der Waals surface area contributed by atoms with Crippen molar-refractivity contribution >= 4 is 7.82 Å². The predicted molar refractivity (Wildman–Crippen MR) is 124 cm³/mol. The van der Waals surface area contributed by atoms with Crippen molar-refractivity contribution in [1.29, 1.82) is 0 Å². The standard InChI is InChI=1S/C23H49O6P/c1-3-5-7-9-11-13-15-17-19-27-21-23(22-29-30(24,25)26)28-20-18-16-14-12-10-8-6-4-2/h23H,3-22H2,1-2H3,(H2,24,25,26). The maximum atomic E-state index is 11.0. The molecule has 1 atom stereocenters. The third-order valence-electron chi connectivity index (χ3n) is 5.23. The van der Waals surface area contributed by atoms with Crippen LogP contribution < -0.4 is 0 Å². The van der Waals surface area contributed by atoms with Crippen molar-refractivity contribution in [2.45, 2.75) is 123 Å². The number of ether oxygens (including phenoxy) is 2. The summed E-state index contributed by atoms with van der Waals surface area (Å²) in [6, 6.07) is 0. The first-order valence-corrected chi connectivity index (χ1v) is 13.9. The summed E-state index contributed by atoms with van der Waals surface area (Å²) in [5, 5.41) is 0. The van der Waals surface area contributed by atoms with E-state index < -0.39 is 13.9 Å². The van der Waals surface area contributed by atoms with Gasteiger partial charge < -0.3 is 19.3 Å². The van der Waals surface area contributed by atoms with Crippen LogP contribution in [0.1, 0.15) is 117 Å². The quantitative estimate of drug-likeness (QED) is 0.124. The molecule has 182 valence electrons. The third-order valence-corrected chi connectivity index (χ3v) is 5.71. The van der Waals surface area contributed by atoms with Gasteiger partial charge in [0.15, 0.2) is 0 Å². The van der Waals surface area contributed by atoms with E-state index in [1.54, 1.807) is 0 Å². The minimum absolute atomic E-state index is 0.140. The molecule has 0 amide bonds. The van der Waals surface area contributed by atoms with Crippen molar-refractivity contribution in [2.75, 3.05) is 26.4 Å². The molecule has 0 aromatic heterocycles. The molecule has 0 fully saturated rings. The van der Waals surface area contributed by atoms with Crippen LogP contribution in [-0.4, -0.2) is 42.3 Å². The topological polar surface area (TPSA) is 85.2 Å². The molecule has 0 aromatic rings. The minimum atomic E-state index is -4.48. The summed E-state index contributed by atoms with van der Waals surface area (Å²) in [5.41, 5.74) is 0. The first kappa shape index (κ1) is 30.0. The molecule has 0 aromatic carbocycles. The molecule has 0 aliphatic rings. The van der Waals surface area contributed by atoms with Gasteiger partial charge in [-0.15, -0.1) is 0 Å². The van der Waals surface area contributed by atoms with E-state index in [1.165, 1.54) is 77.0 Å². The molecular formula is C23H49O6P. The average molecular weight is 453 g/mol. The van der Waals surface area contributed by atoms with Gasteiger partial charge in [-0.1, -0.05) is 104 Å². The van der Waals surface area contributed by atoms with Crippen LogP contribution in [0, 0.1) is 0 Å². The van der Waals surface area contributed by atoms with Crippen LogP contribution in [0.2, 0.25) is 0 Å². The van der Waals surface area contributed by atoms with Crippen molar-refractivity contribution in [3.8, 4) is 0 Å². The second kappa shape index (κ2) is 22.2. The number of hydrogen-bond donors (Lipinski definition) is 2. The average Bonchev–Trinajstić information content (AvgIpc) is 2.70. The summed E-state index contributed by atoms with van der Waals surface area (Å²) in [7, 11) is -4.48. The molecule has 0 rings (SSSR count). The van der Waals surface area contributed by atoms with Gasteiger partial charge in [-0.25, -0.2) is 4.57 Å². The van der Waals surface area contributed by atoms with Crippen LogP contribution in [0.25, 0.3) is 0 Å². The lowest BCUT2D eigenvalue weighted by Crippen LogP contribution is -2.26. The van der Waals surface area contributed by atoms with Gasteiger partial charge in [0.05, 0.1) is 13.2 Å². The van der Waals surface area contributed by atoms with E-state index >= 15 is 0 Å². The lowest BCUT2D eigenvalue weighted by atomic mass is 10.1. The molecule has 30 heavy (non-hydrogen) atoms. The second-order valence-corrected chi connectivity index (χ2v) is 9.54. The minimum Gasteiger partial charge on any atom is -0.379 e. The molecule has 1 unspecified atom stereocenters. The van der Waals surface area contributed by atoms with Gasteiger partial charge in [0, 0.05) is 13.2 Å². The van der Waals surface area contributed by atoms with Crippen LogP contribution in [0.3, 0.4) is 0 Å². The van der Waals surface area contributed by atoms with Crippen LogP contribution in [0.4, 0.5) is 0 Å². The van der Waals surface area contributed by atoms with E-state index in [0.717, 1.165) is 25.7 Å². The van der Waals surface area contributed by atoms with Crippen molar-refractivity contribution in [3.63, 3.8) is 0 Å². The Bertz CT molecular complexity index is 388. The maximum absolute atomic E-state index is 11.0. The molecule has 2 N–H and O–H groups in total. The molecule has 0 spiro atoms. The van der Waals surface area contributed by atoms with Crippen molar-refractivity contribution < 1.29 is 28.3 Å². The monoisotopic (exact) mass is 452 g/mol. The molecule has 0 aliphatic heterocycles. The lowest BCUT2D eigenvalue weighted by molar-refractivity contribution is -0.0429.